The van der Waals surface area contributed by atoms with Crippen LogP contribution in [0.1, 0.15) is 64.5 Å². The zero-order valence-corrected chi connectivity index (χ0v) is 20.1. The van der Waals surface area contributed by atoms with Crippen molar-refractivity contribution in [2.75, 3.05) is 13.2 Å². The minimum absolute atomic E-state index is 0.129. The number of nitrogens with two attached hydrogens (primary N) is 1. The number of rotatable bonds is 15. The number of hydrogen-bond acceptors (Lipinski definition) is 6. The Bertz CT molecular complexity index is 744. The Morgan fingerprint density at radius 2 is 1.73 bits per heavy atom. The molecule has 0 unspecified atom stereocenters. The molecule has 4 N–H and O–H groups in total. The zero-order chi connectivity index (χ0) is 24.9. The van der Waals surface area contributed by atoms with Gasteiger partial charge in [0.25, 0.3) is 0 Å². The number of carbonyl (C=O) groups is 3. The van der Waals surface area contributed by atoms with Crippen molar-refractivity contribution in [2.24, 2.45) is 5.73 Å². The lowest BCUT2D eigenvalue weighted by Crippen LogP contribution is -2.45. The van der Waals surface area contributed by atoms with E-state index in [2.05, 4.69) is 5.32 Å². The summed E-state index contributed by atoms with van der Waals surface area (Å²) < 4.78 is 16.3. The van der Waals surface area contributed by atoms with Crippen LogP contribution in [0, 0.1) is 0 Å². The summed E-state index contributed by atoms with van der Waals surface area (Å²) in [7, 11) is 0. The molecule has 186 valence electrons. The van der Waals surface area contributed by atoms with E-state index in [1.54, 1.807) is 20.8 Å². The molecule has 9 nitrogen and oxygen atoms in total. The maximum atomic E-state index is 12.2. The summed E-state index contributed by atoms with van der Waals surface area (Å²) in [6.45, 7) is 7.71. The summed E-state index contributed by atoms with van der Waals surface area (Å²) in [6, 6.07) is 7.62. The molecule has 0 aliphatic carbocycles. The zero-order valence-electron chi connectivity index (χ0n) is 20.1. The van der Waals surface area contributed by atoms with Gasteiger partial charge in [0.15, 0.2) is 0 Å². The van der Waals surface area contributed by atoms with Gasteiger partial charge in [-0.15, -0.1) is 0 Å². The molecule has 2 atom stereocenters. The maximum Gasteiger partial charge on any atom is 0.407 e. The molecule has 0 radical (unpaired) electrons. The first-order valence-electron chi connectivity index (χ1n) is 11.2. The average Bonchev–Trinajstić information content (AvgIpc) is 2.71. The Balaban J connectivity index is 2.49. The second-order valence-corrected chi connectivity index (χ2v) is 8.99. The van der Waals surface area contributed by atoms with Crippen LogP contribution in [0.2, 0.25) is 0 Å². The second kappa shape index (κ2) is 14.5. The highest BCUT2D eigenvalue weighted by Gasteiger charge is 2.24. The number of nitrogens with one attached hydrogen (secondary N) is 1. The van der Waals surface area contributed by atoms with Gasteiger partial charge in [-0.2, -0.15) is 0 Å². The van der Waals surface area contributed by atoms with Crippen LogP contribution >= 0.6 is 0 Å². The molecule has 0 spiro atoms. The Morgan fingerprint density at radius 1 is 1.09 bits per heavy atom. The highest BCUT2D eigenvalue weighted by Crippen LogP contribution is 2.14. The monoisotopic (exact) mass is 466 g/mol. The van der Waals surface area contributed by atoms with E-state index in [0.29, 0.717) is 19.6 Å². The summed E-state index contributed by atoms with van der Waals surface area (Å²) in [6.07, 6.45) is 2.14. The summed E-state index contributed by atoms with van der Waals surface area (Å²) in [4.78, 5) is 33.8. The van der Waals surface area contributed by atoms with Gasteiger partial charge in [-0.1, -0.05) is 24.3 Å². The number of aryl methyl sites for hydroxylation is 1. The van der Waals surface area contributed by atoms with Gasteiger partial charge in [-0.25, -0.2) is 9.59 Å². The van der Waals surface area contributed by atoms with E-state index >= 15 is 0 Å². The van der Waals surface area contributed by atoms with Crippen LogP contribution in [0.3, 0.4) is 0 Å². The number of unbranched alkanes of at least 4 members (excludes halogenated alkanes) is 1. The first-order valence-corrected chi connectivity index (χ1v) is 11.2. The predicted octanol–water partition coefficient (Wildman–Crippen LogP) is 3.17. The molecule has 0 aliphatic heterocycles. The lowest BCUT2D eigenvalue weighted by molar-refractivity contribution is -0.142. The fourth-order valence-electron chi connectivity index (χ4n) is 3.02. The van der Waals surface area contributed by atoms with Crippen molar-refractivity contribution in [3.05, 3.63) is 35.4 Å². The number of aliphatic carboxylic acids is 1. The lowest BCUT2D eigenvalue weighted by Gasteiger charge is -2.27. The summed E-state index contributed by atoms with van der Waals surface area (Å²) in [5.41, 5.74) is 6.80. The Morgan fingerprint density at radius 3 is 2.30 bits per heavy atom. The molecule has 1 rings (SSSR count). The number of carboxylic acids is 1. The van der Waals surface area contributed by atoms with Crippen molar-refractivity contribution in [1.82, 2.24) is 5.32 Å². The molecule has 0 aliphatic rings. The molecule has 0 heterocycles. The van der Waals surface area contributed by atoms with E-state index in [0.717, 1.165) is 24.8 Å². The lowest BCUT2D eigenvalue weighted by atomic mass is 10.1. The number of amides is 2. The summed E-state index contributed by atoms with van der Waals surface area (Å²) in [5, 5.41) is 11.3. The van der Waals surface area contributed by atoms with E-state index in [-0.39, 0.29) is 19.1 Å². The van der Waals surface area contributed by atoms with E-state index in [9.17, 15) is 14.4 Å². The van der Waals surface area contributed by atoms with Crippen molar-refractivity contribution in [3.8, 4) is 0 Å². The number of benzene rings is 1. The Labute approximate surface area is 196 Å². The third-order valence-electron chi connectivity index (χ3n) is 4.74. The van der Waals surface area contributed by atoms with Crippen molar-refractivity contribution in [2.45, 2.75) is 84.2 Å². The molecular weight excluding hydrogens is 428 g/mol. The fraction of sp³-hybridized carbons (Fsp3) is 0.625. The first kappa shape index (κ1) is 28.4. The predicted molar refractivity (Wildman–Crippen MR) is 124 cm³/mol. The SMILES string of the molecule is C[C@@H](OCc1ccc(CCCCOCC(=O)O)cc1)[C@H](CCC(N)=O)NC(=O)OC(C)(C)C. The number of hydrogen-bond donors (Lipinski definition) is 3. The number of ether oxygens (including phenoxy) is 3. The van der Waals surface area contributed by atoms with Crippen LogP contribution in [-0.4, -0.2) is 54.0 Å². The van der Waals surface area contributed by atoms with Crippen molar-refractivity contribution < 1.29 is 33.7 Å². The van der Waals surface area contributed by atoms with Crippen LogP contribution in [0.5, 0.6) is 0 Å². The van der Waals surface area contributed by atoms with Gasteiger partial charge in [0, 0.05) is 13.0 Å². The van der Waals surface area contributed by atoms with Gasteiger partial charge in [-0.3, -0.25) is 4.79 Å². The molecule has 0 saturated carbocycles. The molecule has 33 heavy (non-hydrogen) atoms. The number of alkyl carbamates (subject to hydrolysis) is 1. The van der Waals surface area contributed by atoms with Gasteiger partial charge >= 0.3 is 12.1 Å². The summed E-state index contributed by atoms with van der Waals surface area (Å²) in [5.74, 6) is -1.40. The molecule has 0 aromatic heterocycles. The van der Waals surface area contributed by atoms with Gasteiger partial charge in [-0.05, 0) is 64.5 Å². The quantitative estimate of drug-likeness (QED) is 0.338. The average molecular weight is 467 g/mol. The first-order chi connectivity index (χ1) is 15.5. The normalized spacial score (nSPS) is 13.2. The highest BCUT2D eigenvalue weighted by atomic mass is 16.6. The van der Waals surface area contributed by atoms with Crippen LogP contribution in [0.15, 0.2) is 24.3 Å². The topological polar surface area (TPSA) is 137 Å². The van der Waals surface area contributed by atoms with Crippen LogP contribution in [0.25, 0.3) is 0 Å². The largest absolute Gasteiger partial charge is 0.480 e. The smallest absolute Gasteiger partial charge is 0.407 e. The Hall–Kier alpha value is -2.65. The van der Waals surface area contributed by atoms with Crippen molar-refractivity contribution in [3.63, 3.8) is 0 Å². The van der Waals surface area contributed by atoms with E-state index in [4.69, 9.17) is 25.1 Å². The molecule has 2 amide bonds. The molecule has 9 heteroatoms. The minimum Gasteiger partial charge on any atom is -0.480 e. The third kappa shape index (κ3) is 14.2. The number of primary amides is 1. The molecule has 0 bridgehead atoms. The van der Waals surface area contributed by atoms with Crippen LogP contribution in [0.4, 0.5) is 4.79 Å². The molecule has 0 fully saturated rings. The van der Waals surface area contributed by atoms with Gasteiger partial charge in [0.1, 0.15) is 12.2 Å². The van der Waals surface area contributed by atoms with Gasteiger partial charge in [0.2, 0.25) is 5.91 Å². The standard InChI is InChI=1S/C24H38N2O7/c1-17(20(12-13-21(25)27)26-23(30)33-24(2,3)4)32-15-19-10-8-18(9-11-19)7-5-6-14-31-16-22(28)29/h8-11,17,20H,5-7,12-16H2,1-4H3,(H2,25,27)(H,26,30)(H,28,29)/t17-,20+/m1/s1. The number of carbonyl (C=O) groups excluding carboxylic acids is 2. The van der Waals surface area contributed by atoms with E-state index in [1.807, 2.05) is 31.2 Å². The molecule has 1 aromatic rings. The fourth-order valence-corrected chi connectivity index (χ4v) is 3.02. The van der Waals surface area contributed by atoms with E-state index in [1.165, 1.54) is 5.56 Å². The Kier molecular flexibility index (Phi) is 12.5. The highest BCUT2D eigenvalue weighted by molar-refractivity contribution is 5.74. The molecule has 1 aromatic carbocycles. The van der Waals surface area contributed by atoms with Crippen LogP contribution in [-0.2, 0) is 36.8 Å². The van der Waals surface area contributed by atoms with Crippen molar-refractivity contribution >= 4 is 18.0 Å². The van der Waals surface area contributed by atoms with E-state index < -0.39 is 29.6 Å². The third-order valence-corrected chi connectivity index (χ3v) is 4.74. The van der Waals surface area contributed by atoms with Gasteiger partial charge < -0.3 is 30.4 Å². The number of carboxylic acid groups (broad SMARTS) is 1. The molecular formula is C24H38N2O7. The summed E-state index contributed by atoms with van der Waals surface area (Å²) >= 11 is 0. The molecule has 0 saturated heterocycles. The second-order valence-electron chi connectivity index (χ2n) is 8.99. The van der Waals surface area contributed by atoms with Gasteiger partial charge in [0.05, 0.1) is 18.8 Å². The van der Waals surface area contributed by atoms with Crippen molar-refractivity contribution in [1.29, 1.82) is 0 Å². The maximum absolute atomic E-state index is 12.2. The minimum atomic E-state index is -0.957. The van der Waals surface area contributed by atoms with Crippen LogP contribution < -0.4 is 11.1 Å².